The summed E-state index contributed by atoms with van der Waals surface area (Å²) in [6.07, 6.45) is 49.8. The molecule has 4 atom stereocenters. The summed E-state index contributed by atoms with van der Waals surface area (Å²) in [7, 11) is 2.87. The van der Waals surface area contributed by atoms with Gasteiger partial charge in [-0.2, -0.15) is 0 Å². The van der Waals surface area contributed by atoms with Crippen LogP contribution >= 0.6 is 0 Å². The van der Waals surface area contributed by atoms with E-state index in [0.717, 1.165) is 83.5 Å². The molecule has 352 valence electrons. The monoisotopic (exact) mass is 873 g/mol. The third-order valence-corrected chi connectivity index (χ3v) is 9.44. The number of aliphatic hydroxyl groups excluding tert-OH is 4. The Morgan fingerprint density at radius 2 is 1.03 bits per heavy atom. The second-order valence-corrected chi connectivity index (χ2v) is 15.3. The number of aliphatic hydroxyl groups is 4. The molecule has 0 aliphatic heterocycles. The van der Waals surface area contributed by atoms with Gasteiger partial charge in [-0.1, -0.05) is 175 Å². The van der Waals surface area contributed by atoms with Gasteiger partial charge in [-0.25, -0.2) is 0 Å². The Morgan fingerprint density at radius 3 is 1.60 bits per heavy atom. The number of esters is 2. The highest BCUT2D eigenvalue weighted by molar-refractivity contribution is 5.69. The van der Waals surface area contributed by atoms with E-state index in [9.17, 15) is 30.0 Å². The van der Waals surface area contributed by atoms with E-state index in [-0.39, 0.29) is 18.0 Å². The second kappa shape index (κ2) is 50.3. The molecule has 0 rings (SSSR count). The lowest BCUT2D eigenvalue weighted by Gasteiger charge is -2.04. The zero-order valence-corrected chi connectivity index (χ0v) is 39.5. The smallest absolute Gasteiger partial charge is 0.305 e. The van der Waals surface area contributed by atoms with Crippen molar-refractivity contribution in [2.24, 2.45) is 0 Å². The summed E-state index contributed by atoms with van der Waals surface area (Å²) >= 11 is 0. The number of unbranched alkanes of at least 4 members (excludes halogenated alkanes) is 12. The fourth-order valence-corrected chi connectivity index (χ4v) is 5.83. The van der Waals surface area contributed by atoms with Crippen LogP contribution in [0.3, 0.4) is 0 Å². The van der Waals surface area contributed by atoms with Crippen molar-refractivity contribution in [1.29, 1.82) is 0 Å². The van der Waals surface area contributed by atoms with Crippen LogP contribution < -0.4 is 0 Å². The average molecular weight is 873 g/mol. The summed E-state index contributed by atoms with van der Waals surface area (Å²) in [4.78, 5) is 22.0. The van der Waals surface area contributed by atoms with Gasteiger partial charge in [0.2, 0.25) is 0 Å². The summed E-state index contributed by atoms with van der Waals surface area (Å²) in [6.45, 7) is 4.05. The van der Waals surface area contributed by atoms with Crippen LogP contribution in [0.15, 0.2) is 85.1 Å². The number of hydrogen-bond acceptors (Lipinski definition) is 8. The summed E-state index contributed by atoms with van der Waals surface area (Å²) in [5, 5.41) is 38.6. The molecule has 0 aromatic heterocycles. The standard InChI is InChI=1S/C29H48O4.C26H36O4/c1-3-22-27(30)24-21-25-28(31)23-19-17-15-13-11-9-7-5-4-6-8-10-12-14-16-18-20-26-29(32)33-2;1-3-19-24(27)21-18-22-25(28)20-16-14-12-10-8-6-4-5-7-9-11-13-15-17-23-26(29)30-2/h4,6-7,9,13,15,19,21,23,25,27-28,30-31H,3,5,8,10-12,14,16-18,20,22,24,26H2,1-2H3;4,6,8,10,24-25,27-28H,3,5,7,9,11,13,15,17,19,21,23H2,1-2H3/b6-4-,9-7-,15-13-,23-19-,25-21-;. The topological polar surface area (TPSA) is 134 Å². The number of rotatable bonds is 34. The summed E-state index contributed by atoms with van der Waals surface area (Å²) in [5.74, 6) is 15.6. The van der Waals surface area contributed by atoms with E-state index in [0.29, 0.717) is 32.1 Å². The quantitative estimate of drug-likeness (QED) is 0.0165. The van der Waals surface area contributed by atoms with Crippen molar-refractivity contribution in [3.05, 3.63) is 85.1 Å². The minimum atomic E-state index is -1.04. The van der Waals surface area contributed by atoms with E-state index in [2.05, 4.69) is 94.5 Å². The lowest BCUT2D eigenvalue weighted by molar-refractivity contribution is -0.141. The predicted molar refractivity (Wildman–Crippen MR) is 262 cm³/mol. The lowest BCUT2D eigenvalue weighted by atomic mass is 10.1. The Labute approximate surface area is 383 Å². The number of carbonyl (C=O) groups excluding carboxylic acids is 2. The van der Waals surface area contributed by atoms with E-state index in [1.54, 1.807) is 18.2 Å². The van der Waals surface area contributed by atoms with Gasteiger partial charge in [0, 0.05) is 19.3 Å². The molecule has 0 radical (unpaired) electrons. The molecule has 4 N–H and O–H groups in total. The highest BCUT2D eigenvalue weighted by Gasteiger charge is 2.02. The van der Waals surface area contributed by atoms with E-state index < -0.39 is 18.3 Å². The Hall–Kier alpha value is -4.36. The molecule has 0 saturated carbocycles. The second-order valence-electron chi connectivity index (χ2n) is 15.3. The zero-order chi connectivity index (χ0) is 46.7. The number of methoxy groups -OCH3 is 2. The van der Waals surface area contributed by atoms with Crippen molar-refractivity contribution < 1.29 is 39.5 Å². The van der Waals surface area contributed by atoms with Crippen molar-refractivity contribution in [2.75, 3.05) is 14.2 Å². The molecule has 0 heterocycles. The van der Waals surface area contributed by atoms with Gasteiger partial charge in [0.25, 0.3) is 0 Å². The Balaban J connectivity index is 0. The maximum absolute atomic E-state index is 11.0. The molecule has 0 amide bonds. The van der Waals surface area contributed by atoms with Crippen molar-refractivity contribution in [2.45, 2.75) is 199 Å². The van der Waals surface area contributed by atoms with Crippen LogP contribution in [-0.4, -0.2) is 71.0 Å². The predicted octanol–water partition coefficient (Wildman–Crippen LogP) is 11.5. The first kappa shape index (κ1) is 60.7. The first-order valence-corrected chi connectivity index (χ1v) is 23.6. The molecule has 0 spiro atoms. The maximum Gasteiger partial charge on any atom is 0.305 e. The van der Waals surface area contributed by atoms with Crippen molar-refractivity contribution in [3.63, 3.8) is 0 Å². The van der Waals surface area contributed by atoms with Gasteiger partial charge in [0.1, 0.15) is 0 Å². The Kier molecular flexibility index (Phi) is 48.5. The highest BCUT2D eigenvalue weighted by atomic mass is 16.5. The number of carbonyl (C=O) groups is 2. The highest BCUT2D eigenvalue weighted by Crippen LogP contribution is 2.11. The summed E-state index contributed by atoms with van der Waals surface area (Å²) < 4.78 is 9.25. The van der Waals surface area contributed by atoms with Gasteiger partial charge in [-0.3, -0.25) is 9.59 Å². The summed E-state index contributed by atoms with van der Waals surface area (Å²) in [6, 6.07) is 0. The van der Waals surface area contributed by atoms with Gasteiger partial charge < -0.3 is 29.9 Å². The van der Waals surface area contributed by atoms with Crippen LogP contribution in [-0.2, 0) is 19.1 Å². The van der Waals surface area contributed by atoms with Gasteiger partial charge >= 0.3 is 11.9 Å². The van der Waals surface area contributed by atoms with Crippen LogP contribution in [0.5, 0.6) is 0 Å². The molecule has 8 nitrogen and oxygen atoms in total. The fraction of sp³-hybridized carbons (Fsp3) is 0.600. The van der Waals surface area contributed by atoms with Crippen LogP contribution in [0.1, 0.15) is 174 Å². The number of ether oxygens (including phenoxy) is 2. The van der Waals surface area contributed by atoms with E-state index in [4.69, 9.17) is 0 Å². The first-order valence-electron chi connectivity index (χ1n) is 23.6. The van der Waals surface area contributed by atoms with Crippen molar-refractivity contribution in [3.8, 4) is 35.5 Å². The van der Waals surface area contributed by atoms with Crippen LogP contribution in [0.2, 0.25) is 0 Å². The molecular weight excluding hydrogens is 789 g/mol. The first-order chi connectivity index (χ1) is 30.7. The normalized spacial score (nSPS) is 13.4. The molecule has 0 aromatic rings. The molecule has 0 aliphatic carbocycles. The molecule has 0 aliphatic rings. The maximum atomic E-state index is 11.0. The van der Waals surface area contributed by atoms with Crippen LogP contribution in [0.25, 0.3) is 0 Å². The number of allylic oxidation sites excluding steroid dienone is 11. The molecule has 0 saturated heterocycles. The summed E-state index contributed by atoms with van der Waals surface area (Å²) in [5.41, 5.74) is 0. The van der Waals surface area contributed by atoms with Gasteiger partial charge in [0.15, 0.2) is 6.10 Å². The molecule has 0 fully saturated rings. The number of hydrogen-bond donors (Lipinski definition) is 4. The SMILES string of the molecule is CCCC(O)C/C=C\C(O)/C=C\C/C=C\C/C=C\C/C=C\CCCCCCCCC(=O)OC.CCCC(O)CC#CC(O)C#CC#CC=CC=CCCCCCCCCC(=O)OC. The van der Waals surface area contributed by atoms with Gasteiger partial charge in [-0.15, -0.1) is 0 Å². The fourth-order valence-electron chi connectivity index (χ4n) is 5.83. The van der Waals surface area contributed by atoms with Crippen molar-refractivity contribution in [1.82, 2.24) is 0 Å². The lowest BCUT2D eigenvalue weighted by Crippen LogP contribution is -2.04. The van der Waals surface area contributed by atoms with Crippen LogP contribution in [0.4, 0.5) is 0 Å². The molecule has 8 heteroatoms. The van der Waals surface area contributed by atoms with E-state index >= 15 is 0 Å². The molecule has 0 aromatic carbocycles. The third-order valence-electron chi connectivity index (χ3n) is 9.44. The molecule has 0 bridgehead atoms. The Morgan fingerprint density at radius 1 is 0.540 bits per heavy atom. The molecular formula is C55H84O8. The molecule has 4 unspecified atom stereocenters. The largest absolute Gasteiger partial charge is 0.469 e. The van der Waals surface area contributed by atoms with Crippen LogP contribution in [0, 0.1) is 35.5 Å². The third kappa shape index (κ3) is 51.9. The minimum Gasteiger partial charge on any atom is -0.469 e. The molecule has 63 heavy (non-hydrogen) atoms. The van der Waals surface area contributed by atoms with Gasteiger partial charge in [-0.05, 0) is 101 Å². The Bertz CT molecular complexity index is 1500. The van der Waals surface area contributed by atoms with E-state index in [1.807, 2.05) is 31.2 Å². The zero-order valence-electron chi connectivity index (χ0n) is 39.5. The average Bonchev–Trinajstić information content (AvgIpc) is 3.27. The van der Waals surface area contributed by atoms with Crippen molar-refractivity contribution >= 4 is 11.9 Å². The minimum absolute atomic E-state index is 0.0987. The van der Waals surface area contributed by atoms with E-state index in [1.165, 1.54) is 59.2 Å². The van der Waals surface area contributed by atoms with Gasteiger partial charge in [0.05, 0.1) is 32.5 Å².